The lowest BCUT2D eigenvalue weighted by molar-refractivity contribution is 0.0707. The lowest BCUT2D eigenvalue weighted by atomic mass is 9.94. The highest BCUT2D eigenvalue weighted by Gasteiger charge is 2.30. The van der Waals surface area contributed by atoms with Crippen molar-refractivity contribution < 1.29 is 13.9 Å². The molecule has 0 radical (unpaired) electrons. The highest BCUT2D eigenvalue weighted by Crippen LogP contribution is 2.36. The van der Waals surface area contributed by atoms with Gasteiger partial charge in [-0.3, -0.25) is 4.79 Å². The normalized spacial score (nSPS) is 17.2. The number of carbonyl (C=O) groups excluding carboxylic acids is 1. The van der Waals surface area contributed by atoms with Gasteiger partial charge in [0.25, 0.3) is 5.91 Å². The number of rotatable bonds is 4. The summed E-state index contributed by atoms with van der Waals surface area (Å²) in [5, 5.41) is 0.481. The molecule has 0 spiro atoms. The molecule has 1 fully saturated rings. The van der Waals surface area contributed by atoms with Crippen LogP contribution in [0.5, 0.6) is 0 Å². The third kappa shape index (κ3) is 3.45. The molecule has 3 heterocycles. The van der Waals surface area contributed by atoms with Crippen molar-refractivity contribution in [2.45, 2.75) is 25.4 Å². The van der Waals surface area contributed by atoms with Crippen molar-refractivity contribution in [1.29, 1.82) is 0 Å². The fraction of sp³-hybridized carbons (Fsp3) is 0.350. The minimum absolute atomic E-state index is 0.0839. The molecule has 0 bridgehead atoms. The summed E-state index contributed by atoms with van der Waals surface area (Å²) in [5.41, 5.74) is 7.19. The number of ether oxygens (including phenoxy) is 1. The molecular weight excluding hydrogens is 379 g/mol. The first kappa shape index (κ1) is 18.8. The molecule has 4 rings (SSSR count). The van der Waals surface area contributed by atoms with Crippen LogP contribution in [0.2, 0.25) is 0 Å². The molecule has 1 aliphatic rings. The fourth-order valence-electron chi connectivity index (χ4n) is 3.78. The summed E-state index contributed by atoms with van der Waals surface area (Å²) in [5.74, 6) is -0.0597. The van der Waals surface area contributed by atoms with Crippen LogP contribution in [-0.2, 0) is 11.3 Å². The van der Waals surface area contributed by atoms with Gasteiger partial charge >= 0.3 is 0 Å². The van der Waals surface area contributed by atoms with E-state index in [-0.39, 0.29) is 30.2 Å². The smallest absolute Gasteiger partial charge is 0.264 e. The maximum atomic E-state index is 14.4. The predicted octanol–water partition coefficient (Wildman–Crippen LogP) is 3.58. The van der Waals surface area contributed by atoms with Gasteiger partial charge in [-0.1, -0.05) is 6.07 Å². The topological polar surface area (TPSA) is 81.3 Å². The first-order valence-corrected chi connectivity index (χ1v) is 9.96. The van der Waals surface area contributed by atoms with Gasteiger partial charge in [0.05, 0.1) is 17.2 Å². The molecule has 0 saturated carbocycles. The zero-order valence-electron chi connectivity index (χ0n) is 15.5. The van der Waals surface area contributed by atoms with Crippen molar-refractivity contribution in [2.24, 2.45) is 0 Å². The molecule has 6 nitrogen and oxygen atoms in total. The number of nitrogens with zero attached hydrogens (tertiary/aromatic N) is 3. The van der Waals surface area contributed by atoms with Gasteiger partial charge in [-0.2, -0.15) is 0 Å². The van der Waals surface area contributed by atoms with E-state index < -0.39 is 0 Å². The number of aromatic nitrogens is 2. The minimum Gasteiger partial charge on any atom is -0.380 e. The molecule has 0 aliphatic carbocycles. The minimum atomic E-state index is -0.326. The maximum absolute atomic E-state index is 14.4. The second-order valence-electron chi connectivity index (χ2n) is 6.89. The molecule has 8 heteroatoms. The molecule has 2 N–H and O–H groups in total. The highest BCUT2D eigenvalue weighted by atomic mass is 32.1. The summed E-state index contributed by atoms with van der Waals surface area (Å²) in [6.07, 6.45) is 3.45. The summed E-state index contributed by atoms with van der Waals surface area (Å²) in [6.45, 7) is 1.42. The Balaban J connectivity index is 1.65. The Hall–Kier alpha value is -2.58. The number of halogens is 1. The van der Waals surface area contributed by atoms with Crippen molar-refractivity contribution in [3.8, 4) is 0 Å². The van der Waals surface area contributed by atoms with Gasteiger partial charge in [0.2, 0.25) is 5.95 Å². The molecule has 1 aliphatic heterocycles. The van der Waals surface area contributed by atoms with Crippen molar-refractivity contribution >= 4 is 33.3 Å². The molecule has 1 amide bonds. The average molecular weight is 400 g/mol. The SMILES string of the molecule is COCc1c(C(=O)N2CCC[C@@H](c3ccnc(N)n3)C2)sc2cccc(F)c12. The van der Waals surface area contributed by atoms with Gasteiger partial charge in [-0.15, -0.1) is 11.3 Å². The number of nitrogen functional groups attached to an aromatic ring is 1. The Kier molecular flexibility index (Phi) is 5.23. The molecular formula is C20H21FN4O2S. The standard InChI is InChI=1S/C20H21FN4O2S/c1-27-11-13-17-14(21)5-2-6-16(17)28-18(13)19(26)25-9-3-4-12(10-25)15-7-8-23-20(22)24-15/h2,5-8,12H,3-4,9-11H2,1H3,(H2,22,23,24)/t12-/m1/s1. The van der Waals surface area contributed by atoms with Crippen LogP contribution in [-0.4, -0.2) is 41.0 Å². The van der Waals surface area contributed by atoms with E-state index in [1.54, 1.807) is 19.4 Å². The van der Waals surface area contributed by atoms with Crippen molar-refractivity contribution in [3.05, 3.63) is 52.4 Å². The number of hydrogen-bond acceptors (Lipinski definition) is 6. The Labute approximate surface area is 166 Å². The summed E-state index contributed by atoms with van der Waals surface area (Å²) in [6, 6.07) is 6.76. The lowest BCUT2D eigenvalue weighted by Gasteiger charge is -2.32. The second-order valence-corrected chi connectivity index (χ2v) is 7.94. The monoisotopic (exact) mass is 400 g/mol. The number of anilines is 1. The zero-order chi connectivity index (χ0) is 19.7. The Morgan fingerprint density at radius 3 is 3.07 bits per heavy atom. The molecule has 1 atom stereocenters. The molecule has 0 unspecified atom stereocenters. The van der Waals surface area contributed by atoms with E-state index in [9.17, 15) is 9.18 Å². The van der Waals surface area contributed by atoms with E-state index in [1.165, 1.54) is 17.4 Å². The summed E-state index contributed by atoms with van der Waals surface area (Å²) >= 11 is 1.32. The summed E-state index contributed by atoms with van der Waals surface area (Å²) < 4.78 is 20.4. The number of amides is 1. The van der Waals surface area contributed by atoms with Gasteiger partial charge in [-0.25, -0.2) is 14.4 Å². The average Bonchev–Trinajstić information content (AvgIpc) is 3.08. The van der Waals surface area contributed by atoms with Crippen LogP contribution in [0.1, 0.15) is 39.7 Å². The number of methoxy groups -OCH3 is 1. The molecule has 1 aromatic carbocycles. The molecule has 1 saturated heterocycles. The molecule has 146 valence electrons. The number of fused-ring (bicyclic) bond motifs is 1. The molecule has 3 aromatic rings. The summed E-state index contributed by atoms with van der Waals surface area (Å²) in [4.78, 5) is 24.0. The van der Waals surface area contributed by atoms with Crippen molar-refractivity contribution in [1.82, 2.24) is 14.9 Å². The van der Waals surface area contributed by atoms with Crippen LogP contribution >= 0.6 is 11.3 Å². The number of carbonyl (C=O) groups is 1. The van der Waals surface area contributed by atoms with E-state index in [1.807, 2.05) is 17.0 Å². The van der Waals surface area contributed by atoms with Crippen molar-refractivity contribution in [2.75, 3.05) is 25.9 Å². The predicted molar refractivity (Wildman–Crippen MR) is 107 cm³/mol. The van der Waals surface area contributed by atoms with Crippen molar-refractivity contribution in [3.63, 3.8) is 0 Å². The third-order valence-corrected chi connectivity index (χ3v) is 6.25. The first-order valence-electron chi connectivity index (χ1n) is 9.15. The number of likely N-dealkylation sites (tertiary alicyclic amines) is 1. The Morgan fingerprint density at radius 1 is 1.43 bits per heavy atom. The number of nitrogens with two attached hydrogens (primary N) is 1. The second kappa shape index (κ2) is 7.81. The highest BCUT2D eigenvalue weighted by molar-refractivity contribution is 7.21. The van der Waals surface area contributed by atoms with E-state index >= 15 is 0 Å². The van der Waals surface area contributed by atoms with Gasteiger partial charge in [0.1, 0.15) is 5.82 Å². The lowest BCUT2D eigenvalue weighted by Crippen LogP contribution is -2.39. The van der Waals surface area contributed by atoms with Crippen LogP contribution in [0, 0.1) is 5.82 Å². The van der Waals surface area contributed by atoms with Crippen LogP contribution < -0.4 is 5.73 Å². The van der Waals surface area contributed by atoms with Gasteiger partial charge in [0, 0.05) is 48.0 Å². The number of piperidine rings is 1. The van der Waals surface area contributed by atoms with Gasteiger partial charge in [-0.05, 0) is 31.0 Å². The summed E-state index contributed by atoms with van der Waals surface area (Å²) in [7, 11) is 1.55. The zero-order valence-corrected chi connectivity index (χ0v) is 16.3. The number of hydrogen-bond donors (Lipinski definition) is 1. The van der Waals surface area contributed by atoms with Gasteiger partial charge in [0.15, 0.2) is 0 Å². The van der Waals surface area contributed by atoms with Crippen LogP contribution in [0.25, 0.3) is 10.1 Å². The van der Waals surface area contributed by atoms with E-state index in [0.717, 1.165) is 23.2 Å². The number of benzene rings is 1. The Bertz CT molecular complexity index is 1020. The first-order chi connectivity index (χ1) is 13.6. The maximum Gasteiger partial charge on any atom is 0.264 e. The van der Waals surface area contributed by atoms with Gasteiger partial charge < -0.3 is 15.4 Å². The third-order valence-electron chi connectivity index (χ3n) is 5.07. The Morgan fingerprint density at radius 2 is 2.29 bits per heavy atom. The quantitative estimate of drug-likeness (QED) is 0.724. The van der Waals surface area contributed by atoms with Crippen LogP contribution in [0.15, 0.2) is 30.5 Å². The van der Waals surface area contributed by atoms with Crippen LogP contribution in [0.4, 0.5) is 10.3 Å². The molecule has 28 heavy (non-hydrogen) atoms. The molecule has 2 aromatic heterocycles. The van der Waals surface area contributed by atoms with E-state index in [4.69, 9.17) is 10.5 Å². The van der Waals surface area contributed by atoms with E-state index in [2.05, 4.69) is 9.97 Å². The van der Waals surface area contributed by atoms with E-state index in [0.29, 0.717) is 28.9 Å². The fourth-order valence-corrected chi connectivity index (χ4v) is 4.97. The number of thiophene rings is 1. The largest absolute Gasteiger partial charge is 0.380 e. The van der Waals surface area contributed by atoms with Crippen LogP contribution in [0.3, 0.4) is 0 Å².